The number of sulfone groups is 1. The average molecular weight is 219 g/mol. The third kappa shape index (κ3) is 2.95. The predicted octanol–water partition coefficient (Wildman–Crippen LogP) is 1.33. The molecule has 0 aromatic heterocycles. The molecule has 0 heterocycles. The molecule has 0 saturated heterocycles. The minimum Gasteiger partial charge on any atom is -0.329 e. The van der Waals surface area contributed by atoms with Crippen molar-refractivity contribution in [2.75, 3.05) is 12.3 Å². The second-order valence-corrected chi connectivity index (χ2v) is 6.62. The van der Waals surface area contributed by atoms with Gasteiger partial charge in [-0.15, -0.1) is 0 Å². The van der Waals surface area contributed by atoms with Crippen molar-refractivity contribution in [3.8, 4) is 0 Å². The molecule has 2 atom stereocenters. The van der Waals surface area contributed by atoms with Gasteiger partial charge in [0.15, 0.2) is 9.84 Å². The molecule has 1 rings (SSSR count). The van der Waals surface area contributed by atoms with Crippen LogP contribution in [-0.2, 0) is 9.84 Å². The van der Waals surface area contributed by atoms with E-state index in [2.05, 4.69) is 6.92 Å². The van der Waals surface area contributed by atoms with E-state index in [1.54, 1.807) is 0 Å². The summed E-state index contributed by atoms with van der Waals surface area (Å²) < 4.78 is 23.5. The van der Waals surface area contributed by atoms with Gasteiger partial charge in [0.1, 0.15) is 0 Å². The van der Waals surface area contributed by atoms with E-state index in [-0.39, 0.29) is 17.5 Å². The predicted molar refractivity (Wildman–Crippen MR) is 58.9 cm³/mol. The molecule has 1 fully saturated rings. The van der Waals surface area contributed by atoms with E-state index in [1.165, 1.54) is 6.42 Å². The van der Waals surface area contributed by atoms with Crippen LogP contribution in [0, 0.1) is 5.92 Å². The number of nitrogens with two attached hydrogens (primary N) is 1. The molecule has 2 N–H and O–H groups in total. The van der Waals surface area contributed by atoms with Crippen molar-refractivity contribution in [2.45, 2.75) is 44.3 Å². The summed E-state index contributed by atoms with van der Waals surface area (Å²) in [7, 11) is -2.90. The minimum absolute atomic E-state index is 0.107. The lowest BCUT2D eigenvalue weighted by Crippen LogP contribution is -2.32. The normalized spacial score (nSPS) is 29.0. The summed E-state index contributed by atoms with van der Waals surface area (Å²) in [5.74, 6) is 0.773. The topological polar surface area (TPSA) is 60.2 Å². The molecule has 0 radical (unpaired) electrons. The monoisotopic (exact) mass is 219 g/mol. The molecule has 0 amide bonds. The van der Waals surface area contributed by atoms with Crippen LogP contribution in [0.2, 0.25) is 0 Å². The van der Waals surface area contributed by atoms with Crippen LogP contribution in [0.1, 0.15) is 39.0 Å². The zero-order valence-electron chi connectivity index (χ0n) is 8.91. The first-order valence-corrected chi connectivity index (χ1v) is 7.23. The zero-order chi connectivity index (χ0) is 10.6. The highest BCUT2D eigenvalue weighted by molar-refractivity contribution is 7.92. The Morgan fingerprint density at radius 3 is 2.64 bits per heavy atom. The van der Waals surface area contributed by atoms with Crippen molar-refractivity contribution >= 4 is 9.84 Å². The Hall–Kier alpha value is -0.0900. The van der Waals surface area contributed by atoms with E-state index in [9.17, 15) is 8.42 Å². The maximum absolute atomic E-state index is 11.8. The smallest absolute Gasteiger partial charge is 0.154 e. The fourth-order valence-electron chi connectivity index (χ4n) is 2.27. The molecule has 0 spiro atoms. The van der Waals surface area contributed by atoms with E-state index < -0.39 is 9.84 Å². The molecule has 14 heavy (non-hydrogen) atoms. The van der Waals surface area contributed by atoms with Gasteiger partial charge in [-0.25, -0.2) is 8.42 Å². The maximum Gasteiger partial charge on any atom is 0.154 e. The molecule has 0 bridgehead atoms. The van der Waals surface area contributed by atoms with E-state index in [0.29, 0.717) is 5.92 Å². The first-order chi connectivity index (χ1) is 6.60. The highest BCUT2D eigenvalue weighted by Gasteiger charge is 2.30. The third-order valence-corrected chi connectivity index (χ3v) is 5.47. The highest BCUT2D eigenvalue weighted by Crippen LogP contribution is 2.30. The molecule has 0 aromatic rings. The SMILES string of the molecule is CCC1CCCC(S(=O)(=O)CCN)C1. The van der Waals surface area contributed by atoms with Gasteiger partial charge in [0.2, 0.25) is 0 Å². The Bertz CT molecular complexity index is 261. The summed E-state index contributed by atoms with van der Waals surface area (Å²) in [6.07, 6.45) is 5.07. The molecule has 1 aliphatic carbocycles. The van der Waals surface area contributed by atoms with Crippen LogP contribution in [0.3, 0.4) is 0 Å². The Labute approximate surface area is 87.0 Å². The summed E-state index contributed by atoms with van der Waals surface area (Å²) >= 11 is 0. The van der Waals surface area contributed by atoms with Gasteiger partial charge in [0.25, 0.3) is 0 Å². The van der Waals surface area contributed by atoms with Gasteiger partial charge < -0.3 is 5.73 Å². The van der Waals surface area contributed by atoms with E-state index in [0.717, 1.165) is 25.7 Å². The average Bonchev–Trinajstić information content (AvgIpc) is 2.18. The molecule has 1 saturated carbocycles. The summed E-state index contributed by atoms with van der Waals surface area (Å²) in [5.41, 5.74) is 5.31. The maximum atomic E-state index is 11.8. The Morgan fingerprint density at radius 2 is 2.07 bits per heavy atom. The minimum atomic E-state index is -2.90. The van der Waals surface area contributed by atoms with E-state index >= 15 is 0 Å². The number of hydrogen-bond acceptors (Lipinski definition) is 3. The highest BCUT2D eigenvalue weighted by atomic mass is 32.2. The third-order valence-electron chi connectivity index (χ3n) is 3.22. The summed E-state index contributed by atoms with van der Waals surface area (Å²) in [5, 5.41) is -0.107. The molecule has 0 aromatic carbocycles. The molecular weight excluding hydrogens is 198 g/mol. The molecule has 0 aliphatic heterocycles. The molecule has 4 heteroatoms. The van der Waals surface area contributed by atoms with Crippen molar-refractivity contribution in [3.63, 3.8) is 0 Å². The van der Waals surface area contributed by atoms with Gasteiger partial charge in [-0.05, 0) is 18.8 Å². The first kappa shape index (κ1) is 12.0. The van der Waals surface area contributed by atoms with Gasteiger partial charge in [0.05, 0.1) is 11.0 Å². The van der Waals surface area contributed by atoms with Crippen LogP contribution in [0.4, 0.5) is 0 Å². The van der Waals surface area contributed by atoms with Crippen LogP contribution in [-0.4, -0.2) is 26.0 Å². The molecule has 3 nitrogen and oxygen atoms in total. The number of rotatable bonds is 4. The standard InChI is InChI=1S/C10H21NO2S/c1-2-9-4-3-5-10(8-9)14(12,13)7-6-11/h9-10H,2-8,11H2,1H3. The second kappa shape index (κ2) is 5.12. The molecule has 84 valence electrons. The van der Waals surface area contributed by atoms with Crippen LogP contribution in [0.25, 0.3) is 0 Å². The van der Waals surface area contributed by atoms with Crippen molar-refractivity contribution in [1.29, 1.82) is 0 Å². The Kier molecular flexibility index (Phi) is 4.38. The van der Waals surface area contributed by atoms with E-state index in [1.807, 2.05) is 0 Å². The summed E-state index contributed by atoms with van der Waals surface area (Å²) in [6.45, 7) is 2.40. The molecular formula is C10H21NO2S. The van der Waals surface area contributed by atoms with Crippen molar-refractivity contribution in [1.82, 2.24) is 0 Å². The van der Waals surface area contributed by atoms with E-state index in [4.69, 9.17) is 5.73 Å². The fraction of sp³-hybridized carbons (Fsp3) is 1.00. The van der Waals surface area contributed by atoms with Gasteiger partial charge in [0, 0.05) is 6.54 Å². The van der Waals surface area contributed by atoms with Crippen LogP contribution in [0.15, 0.2) is 0 Å². The lowest BCUT2D eigenvalue weighted by molar-refractivity contribution is 0.348. The van der Waals surface area contributed by atoms with Gasteiger partial charge in [-0.3, -0.25) is 0 Å². The Balaban J connectivity index is 2.59. The quantitative estimate of drug-likeness (QED) is 0.776. The molecule has 1 aliphatic rings. The van der Waals surface area contributed by atoms with Crippen molar-refractivity contribution in [2.24, 2.45) is 11.7 Å². The fourth-order valence-corrected chi connectivity index (χ4v) is 4.02. The largest absolute Gasteiger partial charge is 0.329 e. The van der Waals surface area contributed by atoms with Crippen molar-refractivity contribution < 1.29 is 8.42 Å². The van der Waals surface area contributed by atoms with Crippen LogP contribution in [0.5, 0.6) is 0 Å². The van der Waals surface area contributed by atoms with Gasteiger partial charge >= 0.3 is 0 Å². The summed E-state index contributed by atoms with van der Waals surface area (Å²) in [4.78, 5) is 0. The van der Waals surface area contributed by atoms with Crippen LogP contribution < -0.4 is 5.73 Å². The second-order valence-electron chi connectivity index (χ2n) is 4.22. The zero-order valence-corrected chi connectivity index (χ0v) is 9.72. The van der Waals surface area contributed by atoms with Crippen molar-refractivity contribution in [3.05, 3.63) is 0 Å². The summed E-state index contributed by atoms with van der Waals surface area (Å²) in [6, 6.07) is 0. The first-order valence-electron chi connectivity index (χ1n) is 5.51. The lowest BCUT2D eigenvalue weighted by Gasteiger charge is -2.28. The van der Waals surface area contributed by atoms with Crippen LogP contribution >= 0.6 is 0 Å². The molecule has 2 unspecified atom stereocenters. The van der Waals surface area contributed by atoms with Gasteiger partial charge in [-0.1, -0.05) is 26.2 Å². The Morgan fingerprint density at radius 1 is 1.36 bits per heavy atom. The number of hydrogen-bond donors (Lipinski definition) is 1. The lowest BCUT2D eigenvalue weighted by atomic mass is 9.87. The van der Waals surface area contributed by atoms with Gasteiger partial charge in [-0.2, -0.15) is 0 Å².